The minimum absolute atomic E-state index is 0.169. The fourth-order valence-electron chi connectivity index (χ4n) is 1.44. The summed E-state index contributed by atoms with van der Waals surface area (Å²) in [7, 11) is 0. The number of aromatic nitrogens is 1. The second kappa shape index (κ2) is 5.80. The van der Waals surface area contributed by atoms with Gasteiger partial charge < -0.3 is 5.32 Å². The molecule has 3 nitrogen and oxygen atoms in total. The Hall–Kier alpha value is -1.60. The van der Waals surface area contributed by atoms with Crippen molar-refractivity contribution < 1.29 is 18.0 Å². The molecule has 1 aromatic carbocycles. The van der Waals surface area contributed by atoms with Crippen LogP contribution < -0.4 is 5.32 Å². The van der Waals surface area contributed by atoms with E-state index in [2.05, 4.69) is 26.2 Å². The lowest BCUT2D eigenvalue weighted by atomic mass is 10.1. The van der Waals surface area contributed by atoms with Gasteiger partial charge in [0.15, 0.2) is 0 Å². The predicted octanol–water partition coefficient (Wildman–Crippen LogP) is 4.17. The SMILES string of the molecule is O=C(Nc1cnc(Cl)c(Br)c1)c1c(F)cc(F)cc1F. The van der Waals surface area contributed by atoms with Crippen molar-refractivity contribution in [3.05, 3.63) is 57.0 Å². The summed E-state index contributed by atoms with van der Waals surface area (Å²) in [6.07, 6.45) is 1.21. The standard InChI is InChI=1S/C12H5BrClF3N2O/c13-7-3-6(4-18-11(7)14)19-12(20)10-8(16)1-5(15)2-9(10)17/h1-4H,(H,19,20). The number of amides is 1. The molecule has 1 heterocycles. The fourth-order valence-corrected chi connectivity index (χ4v) is 1.89. The molecule has 0 atom stereocenters. The van der Waals surface area contributed by atoms with Crippen LogP contribution in [0.1, 0.15) is 10.4 Å². The molecular weight excluding hydrogens is 360 g/mol. The molecular formula is C12H5BrClF3N2O. The predicted molar refractivity (Wildman–Crippen MR) is 71.2 cm³/mol. The first-order chi connectivity index (χ1) is 9.38. The van der Waals surface area contributed by atoms with Crippen molar-refractivity contribution >= 4 is 39.1 Å². The molecule has 1 amide bonds. The Labute approximate surface area is 124 Å². The number of nitrogens with one attached hydrogen (secondary N) is 1. The van der Waals surface area contributed by atoms with Crippen molar-refractivity contribution in [3.63, 3.8) is 0 Å². The monoisotopic (exact) mass is 364 g/mol. The highest BCUT2D eigenvalue weighted by Gasteiger charge is 2.19. The number of benzene rings is 1. The second-order valence-electron chi connectivity index (χ2n) is 3.70. The molecule has 0 aliphatic heterocycles. The Kier molecular flexibility index (Phi) is 4.29. The summed E-state index contributed by atoms with van der Waals surface area (Å²) >= 11 is 8.76. The van der Waals surface area contributed by atoms with Crippen molar-refractivity contribution in [2.45, 2.75) is 0 Å². The van der Waals surface area contributed by atoms with E-state index in [0.29, 0.717) is 16.6 Å². The molecule has 8 heteroatoms. The van der Waals surface area contributed by atoms with Gasteiger partial charge in [0.05, 0.1) is 16.4 Å². The van der Waals surface area contributed by atoms with Gasteiger partial charge in [-0.1, -0.05) is 11.6 Å². The van der Waals surface area contributed by atoms with Crippen LogP contribution >= 0.6 is 27.5 Å². The molecule has 0 radical (unpaired) electrons. The number of anilines is 1. The smallest absolute Gasteiger partial charge is 0.261 e. The first-order valence-corrected chi connectivity index (χ1v) is 6.32. The molecule has 2 rings (SSSR count). The van der Waals surface area contributed by atoms with E-state index in [1.165, 1.54) is 12.3 Å². The Bertz CT molecular complexity index is 673. The van der Waals surface area contributed by atoms with Crippen LogP contribution in [0.15, 0.2) is 28.9 Å². The van der Waals surface area contributed by atoms with E-state index in [1.54, 1.807) is 0 Å². The summed E-state index contributed by atoms with van der Waals surface area (Å²) in [5, 5.41) is 2.40. The molecule has 104 valence electrons. The van der Waals surface area contributed by atoms with Crippen LogP contribution in [0.2, 0.25) is 5.15 Å². The summed E-state index contributed by atoms with van der Waals surface area (Å²) < 4.78 is 40.0. The molecule has 20 heavy (non-hydrogen) atoms. The average Bonchev–Trinajstić information content (AvgIpc) is 2.32. The van der Waals surface area contributed by atoms with Gasteiger partial charge in [0.25, 0.3) is 5.91 Å². The zero-order valence-electron chi connectivity index (χ0n) is 9.55. The molecule has 0 spiro atoms. The Morgan fingerprint density at radius 2 is 1.80 bits per heavy atom. The summed E-state index contributed by atoms with van der Waals surface area (Å²) in [4.78, 5) is 15.5. The van der Waals surface area contributed by atoms with Crippen LogP contribution in [0, 0.1) is 17.5 Å². The molecule has 2 aromatic rings. The molecule has 1 aromatic heterocycles. The van der Waals surface area contributed by atoms with Crippen molar-refractivity contribution in [1.29, 1.82) is 0 Å². The van der Waals surface area contributed by atoms with E-state index >= 15 is 0 Å². The van der Waals surface area contributed by atoms with Crippen LogP contribution in [0.4, 0.5) is 18.9 Å². The molecule has 0 aliphatic rings. The second-order valence-corrected chi connectivity index (χ2v) is 4.91. The van der Waals surface area contributed by atoms with Crippen LogP contribution in [0.25, 0.3) is 0 Å². The van der Waals surface area contributed by atoms with E-state index in [9.17, 15) is 18.0 Å². The lowest BCUT2D eigenvalue weighted by molar-refractivity contribution is 0.101. The third-order valence-corrected chi connectivity index (χ3v) is 3.42. The maximum atomic E-state index is 13.4. The van der Waals surface area contributed by atoms with Crippen LogP contribution in [0.5, 0.6) is 0 Å². The molecule has 0 aliphatic carbocycles. The van der Waals surface area contributed by atoms with Crippen molar-refractivity contribution in [3.8, 4) is 0 Å². The molecule has 0 saturated carbocycles. The highest BCUT2D eigenvalue weighted by molar-refractivity contribution is 9.10. The first-order valence-electron chi connectivity index (χ1n) is 5.15. The average molecular weight is 366 g/mol. The third-order valence-electron chi connectivity index (χ3n) is 2.29. The van der Waals surface area contributed by atoms with Crippen LogP contribution in [-0.2, 0) is 0 Å². The number of halogens is 5. The number of hydrogen-bond donors (Lipinski definition) is 1. The normalized spacial score (nSPS) is 10.4. The van der Waals surface area contributed by atoms with Crippen LogP contribution in [0.3, 0.4) is 0 Å². The number of carbonyl (C=O) groups excluding carboxylic acids is 1. The van der Waals surface area contributed by atoms with Crippen molar-refractivity contribution in [2.24, 2.45) is 0 Å². The maximum Gasteiger partial charge on any atom is 0.261 e. The van der Waals surface area contributed by atoms with Gasteiger partial charge in [0.2, 0.25) is 0 Å². The summed E-state index contributed by atoms with van der Waals surface area (Å²) in [6, 6.07) is 2.26. The van der Waals surface area contributed by atoms with Gasteiger partial charge >= 0.3 is 0 Å². The zero-order valence-corrected chi connectivity index (χ0v) is 11.9. The van der Waals surface area contributed by atoms with Gasteiger partial charge in [-0.25, -0.2) is 18.2 Å². The van der Waals surface area contributed by atoms with Gasteiger partial charge in [-0.05, 0) is 22.0 Å². The van der Waals surface area contributed by atoms with E-state index in [-0.39, 0.29) is 10.8 Å². The summed E-state index contributed by atoms with van der Waals surface area (Å²) in [6.45, 7) is 0. The van der Waals surface area contributed by atoms with Crippen molar-refractivity contribution in [2.75, 3.05) is 5.32 Å². The van der Waals surface area contributed by atoms with E-state index in [4.69, 9.17) is 11.6 Å². The molecule has 0 bridgehead atoms. The molecule has 0 fully saturated rings. The lowest BCUT2D eigenvalue weighted by Gasteiger charge is -2.07. The Morgan fingerprint density at radius 3 is 2.35 bits per heavy atom. The van der Waals surface area contributed by atoms with Crippen LogP contribution in [-0.4, -0.2) is 10.9 Å². The third kappa shape index (κ3) is 3.10. The Balaban J connectivity index is 2.31. The van der Waals surface area contributed by atoms with Crippen molar-refractivity contribution in [1.82, 2.24) is 4.98 Å². The summed E-state index contributed by atoms with van der Waals surface area (Å²) in [5.41, 5.74) is -0.702. The van der Waals surface area contributed by atoms with E-state index < -0.39 is 28.9 Å². The Morgan fingerprint density at radius 1 is 1.20 bits per heavy atom. The van der Waals surface area contributed by atoms with Gasteiger partial charge in [0.1, 0.15) is 28.2 Å². The zero-order chi connectivity index (χ0) is 14.9. The number of pyridine rings is 1. The minimum atomic E-state index is -1.29. The highest BCUT2D eigenvalue weighted by Crippen LogP contribution is 2.24. The number of rotatable bonds is 2. The fraction of sp³-hybridized carbons (Fsp3) is 0. The molecule has 0 saturated heterocycles. The van der Waals surface area contributed by atoms with Gasteiger partial charge in [-0.2, -0.15) is 0 Å². The lowest BCUT2D eigenvalue weighted by Crippen LogP contribution is -2.16. The molecule has 1 N–H and O–H groups in total. The maximum absolute atomic E-state index is 13.4. The minimum Gasteiger partial charge on any atom is -0.320 e. The van der Waals surface area contributed by atoms with Gasteiger partial charge in [-0.15, -0.1) is 0 Å². The topological polar surface area (TPSA) is 42.0 Å². The molecule has 0 unspecified atom stereocenters. The number of hydrogen-bond acceptors (Lipinski definition) is 2. The highest BCUT2D eigenvalue weighted by atomic mass is 79.9. The largest absolute Gasteiger partial charge is 0.320 e. The number of carbonyl (C=O) groups is 1. The van der Waals surface area contributed by atoms with Gasteiger partial charge in [0, 0.05) is 12.1 Å². The first kappa shape index (κ1) is 14.8. The van der Waals surface area contributed by atoms with E-state index in [1.807, 2.05) is 0 Å². The number of nitrogens with zero attached hydrogens (tertiary/aromatic N) is 1. The van der Waals surface area contributed by atoms with Gasteiger partial charge in [-0.3, -0.25) is 4.79 Å². The quantitative estimate of drug-likeness (QED) is 0.812. The summed E-state index contributed by atoms with van der Waals surface area (Å²) in [5.74, 6) is -4.74. The van der Waals surface area contributed by atoms with E-state index in [0.717, 1.165) is 0 Å².